The maximum atomic E-state index is 17.5. The predicted octanol–water partition coefficient (Wildman–Crippen LogP) is 3.99. The van der Waals surface area contributed by atoms with Crippen molar-refractivity contribution in [2.75, 3.05) is 6.61 Å². The second kappa shape index (κ2) is 8.82. The third-order valence-corrected chi connectivity index (χ3v) is 12.0. The molecule has 11 atom stereocenters. The van der Waals surface area contributed by atoms with Crippen LogP contribution in [0.25, 0.3) is 0 Å². The van der Waals surface area contributed by atoms with E-state index >= 15 is 8.78 Å². The Morgan fingerprint density at radius 2 is 2.00 bits per heavy atom. The van der Waals surface area contributed by atoms with E-state index in [4.69, 9.17) is 14.2 Å². The number of hydrogen-bond donors (Lipinski definition) is 1. The van der Waals surface area contributed by atoms with Gasteiger partial charge in [0.05, 0.1) is 18.8 Å². The molecule has 0 aromatic rings. The minimum Gasteiger partial charge on any atom is -0.465 e. The van der Waals surface area contributed by atoms with E-state index in [9.17, 15) is 19.5 Å². The number of aliphatic hydroxyl groups is 1. The molecule has 38 heavy (non-hydrogen) atoms. The molecule has 5 fully saturated rings. The van der Waals surface area contributed by atoms with Crippen LogP contribution in [0.5, 0.6) is 0 Å². The monoisotopic (exact) mass is 554 g/mol. The average molecular weight is 555 g/mol. The van der Waals surface area contributed by atoms with Gasteiger partial charge in [-0.1, -0.05) is 39.0 Å². The number of ether oxygens (including phenoxy) is 3. The molecule has 0 spiro atoms. The summed E-state index contributed by atoms with van der Waals surface area (Å²) in [6.45, 7) is 5.71. The fourth-order valence-electron chi connectivity index (χ4n) is 8.89. The smallest absolute Gasteiger partial charge is 0.319 e. The van der Waals surface area contributed by atoms with Gasteiger partial charge in [-0.05, 0) is 49.7 Å². The Morgan fingerprint density at radius 1 is 1.24 bits per heavy atom. The zero-order valence-electron chi connectivity index (χ0n) is 22.0. The second-order valence-corrected chi connectivity index (χ2v) is 13.7. The molecule has 3 saturated carbocycles. The van der Waals surface area contributed by atoms with E-state index in [0.717, 1.165) is 18.2 Å². The van der Waals surface area contributed by atoms with Crippen molar-refractivity contribution >= 4 is 28.6 Å². The molecule has 6 rings (SSSR count). The van der Waals surface area contributed by atoms with Gasteiger partial charge in [0.25, 0.3) is 0 Å². The molecule has 4 aliphatic carbocycles. The molecule has 2 heterocycles. The number of carbonyl (C=O) groups is 3. The minimum atomic E-state index is -2.17. The third kappa shape index (κ3) is 3.26. The predicted molar refractivity (Wildman–Crippen MR) is 133 cm³/mol. The summed E-state index contributed by atoms with van der Waals surface area (Å²) in [6, 6.07) is 0. The molecule has 0 aromatic carbocycles. The van der Waals surface area contributed by atoms with Gasteiger partial charge in [-0.2, -0.15) is 0 Å². The van der Waals surface area contributed by atoms with E-state index < -0.39 is 69.8 Å². The SMILES string of the molecule is CCC[C@@H]1O[C@@H]2C[C@H]3[C@@H]4C[C@H](F)C5=CC(=O)CC[C@]5(C)[C@@]4(F)[C@@H](O)C[C@]3(C)[C@]2(C(=O)S[C@@H]2CCOC2=O)O1. The number of hydrogen-bond acceptors (Lipinski definition) is 8. The number of aliphatic hydroxyl groups excluding tert-OH is 1. The molecule has 210 valence electrons. The third-order valence-electron chi connectivity index (χ3n) is 10.8. The molecule has 0 radical (unpaired) electrons. The Balaban J connectivity index is 1.42. The van der Waals surface area contributed by atoms with Crippen molar-refractivity contribution in [2.24, 2.45) is 22.7 Å². The lowest BCUT2D eigenvalue weighted by Gasteiger charge is -2.64. The molecule has 1 N–H and O–H groups in total. The van der Waals surface area contributed by atoms with Crippen molar-refractivity contribution in [1.82, 2.24) is 0 Å². The summed E-state index contributed by atoms with van der Waals surface area (Å²) in [5.41, 5.74) is -5.90. The lowest BCUT2D eigenvalue weighted by atomic mass is 9.43. The Morgan fingerprint density at radius 3 is 2.68 bits per heavy atom. The Bertz CT molecular complexity index is 1100. The van der Waals surface area contributed by atoms with Crippen LogP contribution in [0, 0.1) is 22.7 Å². The van der Waals surface area contributed by atoms with E-state index in [0.29, 0.717) is 19.3 Å². The molecule has 6 aliphatic rings. The minimum absolute atomic E-state index is 0.0709. The fourth-order valence-corrected chi connectivity index (χ4v) is 10.1. The molecule has 0 bridgehead atoms. The fraction of sp³-hybridized carbons (Fsp3) is 0.821. The summed E-state index contributed by atoms with van der Waals surface area (Å²) in [6.07, 6.45) is -1.09. The van der Waals surface area contributed by atoms with Crippen LogP contribution in [0.3, 0.4) is 0 Å². The summed E-state index contributed by atoms with van der Waals surface area (Å²) in [5, 5.41) is 10.6. The number of allylic oxidation sites excluding steroid dienone is 1. The number of rotatable bonds is 4. The van der Waals surface area contributed by atoms with Crippen LogP contribution < -0.4 is 0 Å². The number of fused-ring (bicyclic) bond motifs is 7. The quantitative estimate of drug-likeness (QED) is 0.521. The van der Waals surface area contributed by atoms with Gasteiger partial charge in [0.1, 0.15) is 17.1 Å². The summed E-state index contributed by atoms with van der Waals surface area (Å²) < 4.78 is 51.1. The molecule has 2 aliphatic heterocycles. The van der Waals surface area contributed by atoms with E-state index in [1.54, 1.807) is 6.92 Å². The first kappa shape index (κ1) is 26.8. The largest absolute Gasteiger partial charge is 0.465 e. The standard InChI is InChI=1S/C28H36F2O7S/c1-4-5-22-36-21-12-15-16-11-18(29)17-10-14(31)6-8-25(17,2)27(16,30)20(32)13-26(15,3)28(21,37-22)24(34)38-19-7-9-35-23(19)33/h10,15-16,18-22,32H,4-9,11-13H2,1-3H3/t15-,16-,18-,19+,20-,21+,22+,25-,26-,27-,28-/m0/s1. The van der Waals surface area contributed by atoms with Crippen molar-refractivity contribution in [1.29, 1.82) is 0 Å². The van der Waals surface area contributed by atoms with Crippen molar-refractivity contribution in [3.8, 4) is 0 Å². The molecule has 2 saturated heterocycles. The van der Waals surface area contributed by atoms with Gasteiger partial charge in [-0.25, -0.2) is 8.78 Å². The maximum Gasteiger partial charge on any atom is 0.319 e. The van der Waals surface area contributed by atoms with E-state index in [1.165, 1.54) is 6.08 Å². The summed E-state index contributed by atoms with van der Waals surface area (Å²) in [5.74, 6) is -2.06. The van der Waals surface area contributed by atoms with Crippen LogP contribution in [-0.2, 0) is 28.6 Å². The van der Waals surface area contributed by atoms with Crippen LogP contribution in [0.15, 0.2) is 11.6 Å². The van der Waals surface area contributed by atoms with Crippen molar-refractivity contribution in [3.63, 3.8) is 0 Å². The second-order valence-electron chi connectivity index (χ2n) is 12.5. The first-order chi connectivity index (χ1) is 17.9. The molecule has 0 unspecified atom stereocenters. The summed E-state index contributed by atoms with van der Waals surface area (Å²) >= 11 is 0.888. The highest BCUT2D eigenvalue weighted by Gasteiger charge is 2.80. The van der Waals surface area contributed by atoms with Gasteiger partial charge in [0, 0.05) is 29.6 Å². The molecule has 0 amide bonds. The number of halogens is 2. The molecular weight excluding hydrogens is 518 g/mol. The first-order valence-electron chi connectivity index (χ1n) is 13.9. The van der Waals surface area contributed by atoms with Gasteiger partial charge in [0.15, 0.2) is 17.7 Å². The Labute approximate surface area is 225 Å². The zero-order valence-corrected chi connectivity index (χ0v) is 22.9. The average Bonchev–Trinajstić information content (AvgIpc) is 3.50. The summed E-state index contributed by atoms with van der Waals surface area (Å²) in [4.78, 5) is 38.5. The van der Waals surface area contributed by atoms with Crippen LogP contribution >= 0.6 is 11.8 Å². The number of alkyl halides is 2. The molecule has 0 aromatic heterocycles. The molecular formula is C28H36F2O7S. The lowest BCUT2D eigenvalue weighted by molar-refractivity contribution is -0.240. The number of cyclic esters (lactones) is 1. The normalized spacial score (nSPS) is 51.5. The van der Waals surface area contributed by atoms with Crippen LogP contribution in [0.2, 0.25) is 0 Å². The highest BCUT2D eigenvalue weighted by Crippen LogP contribution is 2.73. The summed E-state index contributed by atoms with van der Waals surface area (Å²) in [7, 11) is 0. The van der Waals surface area contributed by atoms with Gasteiger partial charge in [-0.15, -0.1) is 0 Å². The van der Waals surface area contributed by atoms with Gasteiger partial charge < -0.3 is 19.3 Å². The number of ketones is 1. The van der Waals surface area contributed by atoms with Crippen molar-refractivity contribution in [3.05, 3.63) is 11.6 Å². The number of thioether (sulfide) groups is 1. The van der Waals surface area contributed by atoms with Gasteiger partial charge in [-0.3, -0.25) is 14.4 Å². The van der Waals surface area contributed by atoms with E-state index in [1.807, 2.05) is 13.8 Å². The van der Waals surface area contributed by atoms with Gasteiger partial charge >= 0.3 is 5.97 Å². The zero-order chi connectivity index (χ0) is 27.3. The Hall–Kier alpha value is -1.36. The van der Waals surface area contributed by atoms with Crippen molar-refractivity contribution in [2.45, 2.75) is 113 Å². The van der Waals surface area contributed by atoms with Gasteiger partial charge in [0.2, 0.25) is 5.12 Å². The molecule has 10 heteroatoms. The first-order valence-corrected chi connectivity index (χ1v) is 14.8. The number of carbonyl (C=O) groups excluding carboxylic acids is 3. The van der Waals surface area contributed by atoms with E-state index in [-0.39, 0.29) is 48.8 Å². The lowest BCUT2D eigenvalue weighted by Crippen LogP contribution is -2.71. The number of esters is 1. The van der Waals surface area contributed by atoms with Crippen molar-refractivity contribution < 1.29 is 42.5 Å². The highest BCUT2D eigenvalue weighted by atomic mass is 32.2. The van der Waals surface area contributed by atoms with Crippen LogP contribution in [0.4, 0.5) is 8.78 Å². The molecule has 7 nitrogen and oxygen atoms in total. The van der Waals surface area contributed by atoms with E-state index in [2.05, 4.69) is 0 Å². The Kier molecular flexibility index (Phi) is 6.23. The van der Waals surface area contributed by atoms with Crippen LogP contribution in [-0.4, -0.2) is 69.8 Å². The van der Waals surface area contributed by atoms with Crippen LogP contribution in [0.1, 0.15) is 72.1 Å². The topological polar surface area (TPSA) is 99.1 Å². The maximum absolute atomic E-state index is 17.5. The highest BCUT2D eigenvalue weighted by molar-refractivity contribution is 8.14.